The molecule has 0 saturated carbocycles. The summed E-state index contributed by atoms with van der Waals surface area (Å²) in [4.78, 5) is 9.81. The Morgan fingerprint density at radius 1 is 2.00 bits per heavy atom. The van der Waals surface area contributed by atoms with Gasteiger partial charge in [0.2, 0.25) is 0 Å². The van der Waals surface area contributed by atoms with Crippen LogP contribution in [0.15, 0.2) is 0 Å². The maximum Gasteiger partial charge on any atom is 0.321 e. The van der Waals surface area contributed by atoms with Crippen molar-refractivity contribution >= 4 is 5.97 Å². The number of nitrogens with two attached hydrogens (primary N) is 1. The van der Waals surface area contributed by atoms with Gasteiger partial charge in [0, 0.05) is 0 Å². The Labute approximate surface area is 46.5 Å². The van der Waals surface area contributed by atoms with E-state index < -0.39 is 12.0 Å². The molecular formula is C4H6N2O2. The van der Waals surface area contributed by atoms with Gasteiger partial charge in [-0.1, -0.05) is 0 Å². The highest BCUT2D eigenvalue weighted by molar-refractivity contribution is 5.73. The van der Waals surface area contributed by atoms with Gasteiger partial charge >= 0.3 is 5.97 Å². The zero-order valence-electron chi connectivity index (χ0n) is 4.16. The van der Waals surface area contributed by atoms with Crippen LogP contribution in [0, 0.1) is 11.3 Å². The van der Waals surface area contributed by atoms with Gasteiger partial charge in [0.15, 0.2) is 0 Å². The van der Waals surface area contributed by atoms with Crippen molar-refractivity contribution in [2.24, 2.45) is 5.73 Å². The molecule has 0 aliphatic heterocycles. The van der Waals surface area contributed by atoms with Crippen LogP contribution >= 0.6 is 0 Å². The lowest BCUT2D eigenvalue weighted by atomic mass is 10.3. The van der Waals surface area contributed by atoms with E-state index in [0.29, 0.717) is 0 Å². The normalized spacial score (nSPS) is 12.0. The van der Waals surface area contributed by atoms with E-state index in [4.69, 9.17) is 16.1 Å². The lowest BCUT2D eigenvalue weighted by molar-refractivity contribution is -0.138. The predicted molar refractivity (Wildman–Crippen MR) is 25.8 cm³/mol. The quantitative estimate of drug-likeness (QED) is 0.466. The Balaban J connectivity index is 3.52. The largest absolute Gasteiger partial charge is 0.480 e. The third-order valence-electron chi connectivity index (χ3n) is 0.628. The molecule has 0 aliphatic carbocycles. The maximum absolute atomic E-state index is 9.81. The number of nitrogens with zero attached hydrogens (tertiary/aromatic N) is 1. The first-order chi connectivity index (χ1) is 3.68. The first-order valence-corrected chi connectivity index (χ1v) is 2.04. The molecule has 4 nitrogen and oxygen atoms in total. The zero-order valence-corrected chi connectivity index (χ0v) is 4.16. The summed E-state index contributed by atoms with van der Waals surface area (Å²) in [5.41, 5.74) is 4.90. The molecule has 0 aromatic heterocycles. The van der Waals surface area contributed by atoms with Crippen LogP contribution in [0.4, 0.5) is 0 Å². The van der Waals surface area contributed by atoms with Gasteiger partial charge in [0.1, 0.15) is 6.04 Å². The Morgan fingerprint density at radius 3 is 2.62 bits per heavy atom. The first kappa shape index (κ1) is 6.92. The van der Waals surface area contributed by atoms with Gasteiger partial charge in [0.25, 0.3) is 0 Å². The van der Waals surface area contributed by atoms with Crippen LogP contribution in [0.25, 0.3) is 0 Å². The van der Waals surface area contributed by atoms with E-state index in [1.807, 2.05) is 0 Å². The van der Waals surface area contributed by atoms with Crippen molar-refractivity contribution in [1.82, 2.24) is 0 Å². The van der Waals surface area contributed by atoms with Crippen LogP contribution in [-0.4, -0.2) is 17.1 Å². The number of hydrogen-bond acceptors (Lipinski definition) is 3. The molecule has 0 unspecified atom stereocenters. The molecule has 0 aromatic carbocycles. The SMILES string of the molecule is N#[13C]C[C@H](N)C(=O)O. The van der Waals surface area contributed by atoms with E-state index in [2.05, 4.69) is 0 Å². The summed E-state index contributed by atoms with van der Waals surface area (Å²) >= 11 is 0. The number of carboxylic acids is 1. The average Bonchev–Trinajstić information content (AvgIpc) is 1.67. The summed E-state index contributed by atoms with van der Waals surface area (Å²) < 4.78 is 0. The molecule has 0 spiro atoms. The van der Waals surface area contributed by atoms with Gasteiger partial charge in [-0.3, -0.25) is 4.79 Å². The molecule has 0 bridgehead atoms. The van der Waals surface area contributed by atoms with E-state index >= 15 is 0 Å². The summed E-state index contributed by atoms with van der Waals surface area (Å²) in [6.07, 6.45) is -0.130. The van der Waals surface area contributed by atoms with Crippen LogP contribution in [0.5, 0.6) is 0 Å². The van der Waals surface area contributed by atoms with Crippen LogP contribution in [-0.2, 0) is 4.79 Å². The van der Waals surface area contributed by atoms with Crippen LogP contribution in [0.1, 0.15) is 6.42 Å². The fourth-order valence-electron chi connectivity index (χ4n) is 0.186. The average molecular weight is 115 g/mol. The highest BCUT2D eigenvalue weighted by atomic mass is 16.4. The molecule has 0 amide bonds. The molecule has 0 aliphatic rings. The van der Waals surface area contributed by atoms with Crippen molar-refractivity contribution in [2.45, 2.75) is 12.5 Å². The Kier molecular flexibility index (Phi) is 2.59. The van der Waals surface area contributed by atoms with Gasteiger partial charge < -0.3 is 10.8 Å². The zero-order chi connectivity index (χ0) is 6.57. The smallest absolute Gasteiger partial charge is 0.321 e. The van der Waals surface area contributed by atoms with Crippen molar-refractivity contribution < 1.29 is 9.90 Å². The fraction of sp³-hybridized carbons (Fsp3) is 0.500. The van der Waals surface area contributed by atoms with Gasteiger partial charge in [-0.05, 0) is 0 Å². The second-order valence-corrected chi connectivity index (χ2v) is 1.31. The number of hydrogen-bond donors (Lipinski definition) is 2. The minimum atomic E-state index is -1.13. The molecule has 0 heterocycles. The number of carbonyl (C=O) groups is 1. The van der Waals surface area contributed by atoms with Gasteiger partial charge in [0.05, 0.1) is 12.5 Å². The molecule has 0 rings (SSSR count). The molecule has 0 fully saturated rings. The number of aliphatic carboxylic acids is 1. The second-order valence-electron chi connectivity index (χ2n) is 1.31. The van der Waals surface area contributed by atoms with E-state index in [-0.39, 0.29) is 6.42 Å². The third kappa shape index (κ3) is 2.16. The number of rotatable bonds is 2. The lowest BCUT2D eigenvalue weighted by Crippen LogP contribution is -2.29. The minimum Gasteiger partial charge on any atom is -0.480 e. The van der Waals surface area contributed by atoms with Gasteiger partial charge in [-0.15, -0.1) is 0 Å². The van der Waals surface area contributed by atoms with Crippen molar-refractivity contribution in [3.63, 3.8) is 0 Å². The summed E-state index contributed by atoms with van der Waals surface area (Å²) in [7, 11) is 0. The van der Waals surface area contributed by atoms with Crippen molar-refractivity contribution in [2.75, 3.05) is 0 Å². The molecule has 8 heavy (non-hydrogen) atoms. The monoisotopic (exact) mass is 115 g/mol. The Bertz CT molecular complexity index is 126. The van der Waals surface area contributed by atoms with Gasteiger partial charge in [-0.2, -0.15) is 5.26 Å². The number of nitriles is 1. The van der Waals surface area contributed by atoms with E-state index in [0.717, 1.165) is 0 Å². The second kappa shape index (κ2) is 2.99. The summed E-state index contributed by atoms with van der Waals surface area (Å²) in [5.74, 6) is -1.13. The Hall–Kier alpha value is -1.08. The highest BCUT2D eigenvalue weighted by Crippen LogP contribution is 1.82. The van der Waals surface area contributed by atoms with Gasteiger partial charge in [-0.25, -0.2) is 0 Å². The molecule has 4 heteroatoms. The van der Waals surface area contributed by atoms with Crippen molar-refractivity contribution in [1.29, 1.82) is 5.26 Å². The summed E-state index contributed by atoms with van der Waals surface area (Å²) in [6, 6.07) is 0.615. The van der Waals surface area contributed by atoms with E-state index in [1.165, 1.54) is 0 Å². The molecule has 44 valence electrons. The summed E-state index contributed by atoms with van der Waals surface area (Å²) in [5, 5.41) is 15.9. The van der Waals surface area contributed by atoms with Crippen molar-refractivity contribution in [3.05, 3.63) is 0 Å². The molecule has 1 atom stereocenters. The van der Waals surface area contributed by atoms with Crippen LogP contribution in [0.3, 0.4) is 0 Å². The summed E-state index contributed by atoms with van der Waals surface area (Å²) in [6.45, 7) is 0. The molecule has 0 radical (unpaired) electrons. The highest BCUT2D eigenvalue weighted by Gasteiger charge is 2.08. The molecule has 0 saturated heterocycles. The third-order valence-corrected chi connectivity index (χ3v) is 0.628. The lowest BCUT2D eigenvalue weighted by Gasteiger charge is -1.95. The maximum atomic E-state index is 9.81. The van der Waals surface area contributed by atoms with Crippen molar-refractivity contribution in [3.8, 4) is 6.07 Å². The minimum absolute atomic E-state index is 0.130. The van der Waals surface area contributed by atoms with Crippen LogP contribution < -0.4 is 5.73 Å². The topological polar surface area (TPSA) is 87.1 Å². The predicted octanol–water partition coefficient (Wildman–Crippen LogP) is -0.688. The number of carboxylic acid groups (broad SMARTS) is 1. The standard InChI is InChI=1S/C4H6N2O2/c5-2-1-3(6)4(7)8/h3H,1,6H2,(H,7,8)/t3-/m0/s1/i2+1. The van der Waals surface area contributed by atoms with Crippen LogP contribution in [0.2, 0.25) is 0 Å². The molecule has 0 aromatic rings. The van der Waals surface area contributed by atoms with E-state index in [1.54, 1.807) is 6.07 Å². The van der Waals surface area contributed by atoms with E-state index in [9.17, 15) is 4.79 Å². The molecular weight excluding hydrogens is 109 g/mol. The fourth-order valence-corrected chi connectivity index (χ4v) is 0.186. The first-order valence-electron chi connectivity index (χ1n) is 2.04. The Morgan fingerprint density at radius 2 is 2.50 bits per heavy atom. The molecule has 3 N–H and O–H groups in total.